The highest BCUT2D eigenvalue weighted by atomic mass is 35.5. The fraction of sp³-hybridized carbons (Fsp3) is 0.488. The Morgan fingerprint density at radius 2 is 0.698 bits per heavy atom. The number of thioether (sulfide) groups is 1. The van der Waals surface area contributed by atoms with E-state index in [1.165, 1.54) is 10.5 Å². The van der Waals surface area contributed by atoms with Gasteiger partial charge in [-0.3, -0.25) is 0 Å². The second-order valence-electron chi connectivity index (χ2n) is 28.7. The molecule has 6 saturated heterocycles. The molecule has 0 unspecified atom stereocenters. The van der Waals surface area contributed by atoms with Gasteiger partial charge in [-0.1, -0.05) is 47.5 Å². The molecule has 31 nitrogen and oxygen atoms in total. The average molecular weight is 1660 g/mol. The number of nitrogens with two attached hydrogens (primary N) is 6. The predicted molar refractivity (Wildman–Crippen MR) is 484 cm³/mol. The second-order valence-corrected chi connectivity index (χ2v) is 30.4. The number of nitrogens with zero attached hydrogens (tertiary/aromatic N) is 18. The first kappa shape index (κ1) is 93.4. The third kappa shape index (κ3) is 29.4. The molecule has 6 heterocycles. The van der Waals surface area contributed by atoms with Crippen molar-refractivity contribution in [2.75, 3.05) is 285 Å². The highest BCUT2D eigenvalue weighted by Crippen LogP contribution is 2.39. The monoisotopic (exact) mass is 1660 g/mol. The predicted octanol–water partition coefficient (Wildman–Crippen LogP) is 8.84. The van der Waals surface area contributed by atoms with Gasteiger partial charge in [0.25, 0.3) is 0 Å². The number of morpholine rings is 6. The van der Waals surface area contributed by atoms with Gasteiger partial charge in [-0.2, -0.15) is 0 Å². The minimum absolute atomic E-state index is 0.455. The van der Waals surface area contributed by atoms with Crippen LogP contribution >= 0.6 is 35.0 Å². The molecule has 116 heavy (non-hydrogen) atoms. The fourth-order valence-electron chi connectivity index (χ4n) is 11.9. The Bertz CT molecular complexity index is 4080. The highest BCUT2D eigenvalue weighted by molar-refractivity contribution is 7.98. The van der Waals surface area contributed by atoms with Crippen molar-refractivity contribution in [3.05, 3.63) is 130 Å². The molecule has 0 atom stereocenters. The summed E-state index contributed by atoms with van der Waals surface area (Å²) >= 11 is 14.1. The molecule has 12 rings (SSSR count). The molecule has 0 saturated carbocycles. The molecule has 0 spiro atoms. The van der Waals surface area contributed by atoms with Gasteiger partial charge in [0.15, 0.2) is 35.8 Å². The van der Waals surface area contributed by atoms with Crippen molar-refractivity contribution < 1.29 is 33.2 Å². The van der Waals surface area contributed by atoms with Crippen LogP contribution in [0.2, 0.25) is 10.0 Å². The normalized spacial score (nSPS) is 16.5. The van der Waals surface area contributed by atoms with E-state index < -0.39 is 0 Å². The number of hydrogen-bond acceptors (Lipinski definition) is 20. The van der Waals surface area contributed by atoms with Gasteiger partial charge >= 0.3 is 0 Å². The number of guanidine groups is 6. The molecule has 636 valence electrons. The molecule has 0 amide bonds. The van der Waals surface area contributed by atoms with Crippen molar-refractivity contribution >= 4 is 139 Å². The lowest BCUT2D eigenvalue weighted by atomic mass is 10.1. The third-order valence-corrected chi connectivity index (χ3v) is 20.1. The minimum atomic E-state index is 0.455. The van der Waals surface area contributed by atoms with E-state index in [4.69, 9.17) is 90.8 Å². The number of anilines is 6. The van der Waals surface area contributed by atoms with Gasteiger partial charge in [0.05, 0.1) is 160 Å². The number of rotatable bonds is 14. The van der Waals surface area contributed by atoms with E-state index in [9.17, 15) is 0 Å². The molecular formula is C82H126Cl2N24O7S. The smallest absolute Gasteiger partial charge is 0.196 e. The summed E-state index contributed by atoms with van der Waals surface area (Å²) in [4.78, 5) is 52.6. The van der Waals surface area contributed by atoms with E-state index in [-0.39, 0.29) is 0 Å². The van der Waals surface area contributed by atoms with Crippen LogP contribution in [0.3, 0.4) is 0 Å². The number of aliphatic imine (C=N–C) groups is 6. The number of aryl methyl sites for hydroxylation is 2. The van der Waals surface area contributed by atoms with Gasteiger partial charge in [-0.25, -0.2) is 30.0 Å². The Hall–Kier alpha value is -9.77. The van der Waals surface area contributed by atoms with Gasteiger partial charge in [-0.15, -0.1) is 11.8 Å². The Labute approximate surface area is 702 Å². The molecule has 6 aliphatic rings. The van der Waals surface area contributed by atoms with Crippen LogP contribution in [0.4, 0.5) is 68.2 Å². The summed E-state index contributed by atoms with van der Waals surface area (Å²) in [7, 11) is 24.2. The van der Waals surface area contributed by atoms with Crippen LogP contribution in [0.15, 0.2) is 144 Å². The maximum Gasteiger partial charge on any atom is 0.196 e. The Morgan fingerprint density at radius 3 is 1.11 bits per heavy atom. The highest BCUT2D eigenvalue weighted by Gasteiger charge is 2.23. The molecule has 34 heteroatoms. The lowest BCUT2D eigenvalue weighted by Gasteiger charge is -2.30. The zero-order chi connectivity index (χ0) is 84.4. The zero-order valence-electron chi connectivity index (χ0n) is 70.9. The quantitative estimate of drug-likeness (QED) is 0.0337. The van der Waals surface area contributed by atoms with Crippen LogP contribution in [0, 0.1) is 13.8 Å². The van der Waals surface area contributed by atoms with E-state index in [0.717, 1.165) is 224 Å². The summed E-state index contributed by atoms with van der Waals surface area (Å²) in [5.41, 5.74) is 49.5. The van der Waals surface area contributed by atoms with Gasteiger partial charge in [-0.05, 0) is 110 Å². The van der Waals surface area contributed by atoms with Crippen molar-refractivity contribution in [2.24, 2.45) is 64.4 Å². The molecule has 0 aliphatic carbocycles. The number of hydrogen-bond donors (Lipinski definition) is 6. The molecule has 12 N–H and O–H groups in total. The average Bonchev–Trinajstić information content (AvgIpc) is 0.840. The van der Waals surface area contributed by atoms with Crippen LogP contribution in [-0.4, -0.2) is 321 Å². The molecule has 6 fully saturated rings. The number of benzene rings is 6. The molecule has 0 bridgehead atoms. The molecule has 6 aromatic carbocycles. The van der Waals surface area contributed by atoms with Crippen molar-refractivity contribution in [3.63, 3.8) is 0 Å². The lowest BCUT2D eigenvalue weighted by molar-refractivity contribution is 0.122. The minimum Gasteiger partial charge on any atom is -0.497 e. The van der Waals surface area contributed by atoms with E-state index in [2.05, 4.69) is 134 Å². The van der Waals surface area contributed by atoms with Crippen molar-refractivity contribution in [3.8, 4) is 5.75 Å². The van der Waals surface area contributed by atoms with Crippen molar-refractivity contribution in [2.45, 2.75) is 18.7 Å². The molecule has 0 aromatic heterocycles. The zero-order valence-corrected chi connectivity index (χ0v) is 73.2. The van der Waals surface area contributed by atoms with E-state index in [0.29, 0.717) is 59.0 Å². The molecule has 6 aromatic rings. The third-order valence-electron chi connectivity index (χ3n) is 18.9. The largest absolute Gasteiger partial charge is 0.497 e. The first-order chi connectivity index (χ1) is 55.6. The van der Waals surface area contributed by atoms with Crippen LogP contribution in [-0.2, 0) is 28.4 Å². The summed E-state index contributed by atoms with van der Waals surface area (Å²) < 4.78 is 37.6. The van der Waals surface area contributed by atoms with Crippen molar-refractivity contribution in [1.29, 1.82) is 0 Å². The van der Waals surface area contributed by atoms with Gasteiger partial charge < -0.3 is 126 Å². The fourth-order valence-corrected chi connectivity index (χ4v) is 12.8. The van der Waals surface area contributed by atoms with E-state index >= 15 is 0 Å². The first-order valence-electron chi connectivity index (χ1n) is 38.8. The number of ether oxygens (including phenoxy) is 7. The van der Waals surface area contributed by atoms with Gasteiger partial charge in [0, 0.05) is 179 Å². The summed E-state index contributed by atoms with van der Waals surface area (Å²) in [6.07, 6.45) is 2.06. The summed E-state index contributed by atoms with van der Waals surface area (Å²) in [5, 5.41) is 1.39. The van der Waals surface area contributed by atoms with Crippen LogP contribution in [0.5, 0.6) is 5.75 Å². The summed E-state index contributed by atoms with van der Waals surface area (Å²) in [5.74, 6) is 3.70. The van der Waals surface area contributed by atoms with Crippen LogP contribution in [0.25, 0.3) is 0 Å². The van der Waals surface area contributed by atoms with Crippen LogP contribution in [0.1, 0.15) is 11.1 Å². The Balaban J connectivity index is 0.000000192. The van der Waals surface area contributed by atoms with Crippen LogP contribution < -0.4 is 68.5 Å². The maximum atomic E-state index is 6.32. The Kier molecular flexibility index (Phi) is 38.7. The van der Waals surface area contributed by atoms with Crippen molar-refractivity contribution in [1.82, 2.24) is 29.4 Å². The summed E-state index contributed by atoms with van der Waals surface area (Å²) in [6, 6.07) is 36.0. The van der Waals surface area contributed by atoms with E-state index in [1.807, 2.05) is 154 Å². The first-order valence-corrected chi connectivity index (χ1v) is 40.7. The van der Waals surface area contributed by atoms with E-state index in [1.54, 1.807) is 33.6 Å². The molecule has 0 radical (unpaired) electrons. The number of para-hydroxylation sites is 2. The molecule has 6 aliphatic heterocycles. The number of methoxy groups -OCH3 is 1. The second kappa shape index (κ2) is 48.1. The summed E-state index contributed by atoms with van der Waals surface area (Å²) in [6.45, 7) is 23.4. The topological polar surface area (TPSA) is 334 Å². The van der Waals surface area contributed by atoms with Gasteiger partial charge in [0.1, 0.15) is 5.75 Å². The standard InChI is InChI=1S/C14H22N4O2.C14H22N4OS.2C14H22N4O.2C13H19ClN4O/c1-17(2)14(15)16-12-10-11(19-3)4-5-13(12)18-6-8-20-9-7-18;1-17(2)14(15)16-12-10-11(20-3)4-5-13(12)18-6-8-19-9-7-18;1-11-4-5-13(18-6-8-19-9-7-18)12(10-11)16-14(15)17(2)3;1-11-5-4-6-12(18-7-9-19-10-8-18)13(11)16-14(15)17(2)3;1-17(2)13(15)16-11-4-3-10(14)9-12(11)18-5-7-19-8-6-18;1-17(2)13(15)16-11-5-3-4-10(14)12(11)18-6-8-19-9-7-18/h2*4-5,10H,6-9H2,1-3H3,(H2,15,16);4-5,10H,6-9H2,1-3H3,(H2,15,16);4-6H,7-10H2,1-3H3,(H2,15,16);3-4,9H,5-8H2,1-2H3,(H2,15,16);3-5H,6-9H2,1-2H3,(H2,15,16). The lowest BCUT2D eigenvalue weighted by Crippen LogP contribution is -2.36. The maximum absolute atomic E-state index is 6.32. The molecular weight excluding hydrogens is 1540 g/mol. The Morgan fingerprint density at radius 1 is 0.353 bits per heavy atom. The van der Waals surface area contributed by atoms with Gasteiger partial charge in [0.2, 0.25) is 0 Å². The number of halogens is 2. The SMILES string of the molecule is CN(C)C(N)=Nc1ccc(Cl)cc1N1CCOCC1.CN(C)C(N)=Nc1cccc(Cl)c1N1CCOCC1.COc1ccc(N2CCOCC2)c(N=C(N)N(C)C)c1.CSc1ccc(N2CCOCC2)c(N=C(N)N(C)C)c1.Cc1ccc(N2CCOCC2)c(N=C(N)N(C)C)c1.Cc1cccc(N2CCOCC2)c1N=C(N)N(C)C.